The molecule has 7 heteroatoms. The molecule has 130 valence electrons. The van der Waals surface area contributed by atoms with Crippen LogP contribution >= 0.6 is 12.4 Å². The lowest BCUT2D eigenvalue weighted by Gasteiger charge is -2.30. The van der Waals surface area contributed by atoms with Crippen LogP contribution in [0.15, 0.2) is 18.2 Å². The fourth-order valence-electron chi connectivity index (χ4n) is 2.43. The number of halogens is 2. The first-order valence-corrected chi connectivity index (χ1v) is 7.51. The van der Waals surface area contributed by atoms with Crippen molar-refractivity contribution in [2.24, 2.45) is 5.73 Å². The summed E-state index contributed by atoms with van der Waals surface area (Å²) in [5, 5.41) is 0. The van der Waals surface area contributed by atoms with E-state index in [1.54, 1.807) is 18.1 Å². The van der Waals surface area contributed by atoms with Crippen LogP contribution in [0.1, 0.15) is 28.8 Å². The van der Waals surface area contributed by atoms with Crippen molar-refractivity contribution in [3.8, 4) is 0 Å². The van der Waals surface area contributed by atoms with Gasteiger partial charge in [0.15, 0.2) is 0 Å². The van der Waals surface area contributed by atoms with Gasteiger partial charge in [-0.1, -0.05) is 0 Å². The second kappa shape index (κ2) is 9.82. The molecule has 1 saturated heterocycles. The van der Waals surface area contributed by atoms with E-state index >= 15 is 0 Å². The Labute approximate surface area is 142 Å². The van der Waals surface area contributed by atoms with Gasteiger partial charge < -0.3 is 20.1 Å². The zero-order chi connectivity index (χ0) is 15.9. The van der Waals surface area contributed by atoms with Crippen LogP contribution in [0.25, 0.3) is 0 Å². The predicted octanol–water partition coefficient (Wildman–Crippen LogP) is 1.97. The Morgan fingerprint density at radius 3 is 2.70 bits per heavy atom. The molecule has 0 radical (unpaired) electrons. The van der Waals surface area contributed by atoms with Crippen molar-refractivity contribution in [3.05, 3.63) is 35.1 Å². The SMILES string of the molecule is COCCOCc1cc(C(=O)N2CCC(N)CC2)ccc1F.Cl. The summed E-state index contributed by atoms with van der Waals surface area (Å²) >= 11 is 0. The van der Waals surface area contributed by atoms with Gasteiger partial charge in [0.2, 0.25) is 0 Å². The normalized spacial score (nSPS) is 15.3. The van der Waals surface area contributed by atoms with Crippen molar-refractivity contribution >= 4 is 18.3 Å². The van der Waals surface area contributed by atoms with Gasteiger partial charge in [-0.3, -0.25) is 4.79 Å². The number of ether oxygens (including phenoxy) is 2. The van der Waals surface area contributed by atoms with Crippen LogP contribution in [0.3, 0.4) is 0 Å². The highest BCUT2D eigenvalue weighted by molar-refractivity contribution is 5.94. The van der Waals surface area contributed by atoms with Crippen molar-refractivity contribution in [2.75, 3.05) is 33.4 Å². The Bertz CT molecular complexity index is 508. The number of carbonyl (C=O) groups is 1. The number of hydrogen-bond donors (Lipinski definition) is 1. The molecule has 1 fully saturated rings. The maximum atomic E-state index is 13.8. The molecule has 5 nitrogen and oxygen atoms in total. The monoisotopic (exact) mass is 346 g/mol. The molecule has 1 aromatic rings. The number of likely N-dealkylation sites (tertiary alicyclic amines) is 1. The van der Waals surface area contributed by atoms with Crippen molar-refractivity contribution in [2.45, 2.75) is 25.5 Å². The highest BCUT2D eigenvalue weighted by Gasteiger charge is 2.22. The first-order chi connectivity index (χ1) is 10.6. The lowest BCUT2D eigenvalue weighted by atomic mass is 10.0. The number of piperidine rings is 1. The van der Waals surface area contributed by atoms with Crippen LogP contribution in [0.4, 0.5) is 4.39 Å². The fraction of sp³-hybridized carbons (Fsp3) is 0.562. The van der Waals surface area contributed by atoms with E-state index in [0.717, 1.165) is 12.8 Å². The summed E-state index contributed by atoms with van der Waals surface area (Å²) in [6, 6.07) is 4.57. The molecule has 0 unspecified atom stereocenters. The Hall–Kier alpha value is -1.21. The minimum Gasteiger partial charge on any atom is -0.382 e. The van der Waals surface area contributed by atoms with Crippen LogP contribution < -0.4 is 5.73 Å². The van der Waals surface area contributed by atoms with E-state index in [1.807, 2.05) is 0 Å². The molecule has 1 heterocycles. The van der Waals surface area contributed by atoms with Crippen molar-refractivity contribution in [1.29, 1.82) is 0 Å². The summed E-state index contributed by atoms with van der Waals surface area (Å²) in [7, 11) is 1.58. The molecule has 2 rings (SSSR count). The summed E-state index contributed by atoms with van der Waals surface area (Å²) in [5.74, 6) is -0.445. The van der Waals surface area contributed by atoms with Gasteiger partial charge in [-0.2, -0.15) is 0 Å². The summed E-state index contributed by atoms with van der Waals surface area (Å²) < 4.78 is 24.0. The number of nitrogens with zero attached hydrogens (tertiary/aromatic N) is 1. The third-order valence-corrected chi connectivity index (χ3v) is 3.81. The summed E-state index contributed by atoms with van der Waals surface area (Å²) in [5.41, 5.74) is 6.72. The summed E-state index contributed by atoms with van der Waals surface area (Å²) in [6.07, 6.45) is 1.61. The molecular formula is C16H24ClFN2O3. The van der Waals surface area contributed by atoms with E-state index < -0.39 is 0 Å². The molecule has 2 N–H and O–H groups in total. The van der Waals surface area contributed by atoms with E-state index in [-0.39, 0.29) is 36.8 Å². The van der Waals surface area contributed by atoms with E-state index in [1.165, 1.54) is 12.1 Å². The van der Waals surface area contributed by atoms with Gasteiger partial charge in [0.1, 0.15) is 5.82 Å². The first-order valence-electron chi connectivity index (χ1n) is 7.51. The summed E-state index contributed by atoms with van der Waals surface area (Å²) in [6.45, 7) is 2.27. The number of hydrogen-bond acceptors (Lipinski definition) is 4. The van der Waals surface area contributed by atoms with E-state index in [2.05, 4.69) is 0 Å². The van der Waals surface area contributed by atoms with Crippen LogP contribution in [-0.2, 0) is 16.1 Å². The number of rotatable bonds is 6. The molecule has 0 aromatic heterocycles. The van der Waals surface area contributed by atoms with Gasteiger partial charge in [-0.05, 0) is 31.0 Å². The van der Waals surface area contributed by atoms with Gasteiger partial charge in [0, 0.05) is 37.4 Å². The topological polar surface area (TPSA) is 64.8 Å². The molecule has 0 bridgehead atoms. The minimum absolute atomic E-state index is 0. The van der Waals surface area contributed by atoms with E-state index in [0.29, 0.717) is 37.4 Å². The number of methoxy groups -OCH3 is 1. The Kier molecular flexibility index (Phi) is 8.47. The Balaban J connectivity index is 0.00000264. The zero-order valence-electron chi connectivity index (χ0n) is 13.3. The van der Waals surface area contributed by atoms with Crippen molar-refractivity contribution in [1.82, 2.24) is 4.90 Å². The van der Waals surface area contributed by atoms with Crippen LogP contribution in [0, 0.1) is 5.82 Å². The molecule has 1 amide bonds. The second-order valence-corrected chi connectivity index (χ2v) is 5.48. The second-order valence-electron chi connectivity index (χ2n) is 5.48. The maximum Gasteiger partial charge on any atom is 0.253 e. The fourth-order valence-corrected chi connectivity index (χ4v) is 2.43. The van der Waals surface area contributed by atoms with E-state index in [4.69, 9.17) is 15.2 Å². The first kappa shape index (κ1) is 19.8. The maximum absolute atomic E-state index is 13.8. The average Bonchev–Trinajstić information content (AvgIpc) is 2.53. The van der Waals surface area contributed by atoms with Crippen molar-refractivity contribution in [3.63, 3.8) is 0 Å². The third kappa shape index (κ3) is 5.73. The highest BCUT2D eigenvalue weighted by atomic mass is 35.5. The van der Waals surface area contributed by atoms with Crippen LogP contribution in [0.5, 0.6) is 0 Å². The van der Waals surface area contributed by atoms with Gasteiger partial charge in [0.05, 0.1) is 19.8 Å². The molecule has 0 aliphatic carbocycles. The van der Waals surface area contributed by atoms with Crippen LogP contribution in [0.2, 0.25) is 0 Å². The lowest BCUT2D eigenvalue weighted by molar-refractivity contribution is 0.0602. The molecule has 0 atom stereocenters. The predicted molar refractivity (Wildman–Crippen MR) is 88.3 cm³/mol. The molecule has 1 aromatic carbocycles. The highest BCUT2D eigenvalue weighted by Crippen LogP contribution is 2.16. The molecule has 1 aliphatic heterocycles. The number of carbonyl (C=O) groups excluding carboxylic acids is 1. The zero-order valence-corrected chi connectivity index (χ0v) is 14.1. The largest absolute Gasteiger partial charge is 0.382 e. The quantitative estimate of drug-likeness (QED) is 0.800. The van der Waals surface area contributed by atoms with Crippen LogP contribution in [-0.4, -0.2) is 50.3 Å². The number of amides is 1. The Morgan fingerprint density at radius 1 is 1.35 bits per heavy atom. The van der Waals surface area contributed by atoms with Crippen molar-refractivity contribution < 1.29 is 18.7 Å². The molecule has 0 saturated carbocycles. The standard InChI is InChI=1S/C16H23FN2O3.ClH/c1-21-8-9-22-11-13-10-12(2-3-15(13)17)16(20)19-6-4-14(18)5-7-19;/h2-3,10,14H,4-9,11,18H2,1H3;1H. The van der Waals surface area contributed by atoms with Gasteiger partial charge in [0.25, 0.3) is 5.91 Å². The van der Waals surface area contributed by atoms with E-state index in [9.17, 15) is 9.18 Å². The number of benzene rings is 1. The average molecular weight is 347 g/mol. The smallest absolute Gasteiger partial charge is 0.253 e. The molecule has 23 heavy (non-hydrogen) atoms. The molecule has 0 spiro atoms. The minimum atomic E-state index is -0.366. The van der Waals surface area contributed by atoms with Gasteiger partial charge in [-0.15, -0.1) is 12.4 Å². The van der Waals surface area contributed by atoms with Gasteiger partial charge in [-0.25, -0.2) is 4.39 Å². The molecule has 1 aliphatic rings. The lowest BCUT2D eigenvalue weighted by Crippen LogP contribution is -2.42. The summed E-state index contributed by atoms with van der Waals surface area (Å²) in [4.78, 5) is 14.2. The van der Waals surface area contributed by atoms with Gasteiger partial charge >= 0.3 is 0 Å². The number of nitrogens with two attached hydrogens (primary N) is 1. The molecular weight excluding hydrogens is 323 g/mol. The third-order valence-electron chi connectivity index (χ3n) is 3.81. The Morgan fingerprint density at radius 2 is 2.04 bits per heavy atom.